The lowest BCUT2D eigenvalue weighted by atomic mass is 10.2. The van der Waals surface area contributed by atoms with E-state index in [9.17, 15) is 9.18 Å². The Morgan fingerprint density at radius 2 is 2.38 bits per heavy atom. The minimum absolute atomic E-state index is 0.0258. The van der Waals surface area contributed by atoms with Crippen LogP contribution >= 0.6 is 0 Å². The molecule has 0 radical (unpaired) electrons. The van der Waals surface area contributed by atoms with Crippen molar-refractivity contribution < 1.29 is 9.18 Å². The van der Waals surface area contributed by atoms with Gasteiger partial charge in [-0.3, -0.25) is 9.48 Å². The molecule has 1 amide bonds. The summed E-state index contributed by atoms with van der Waals surface area (Å²) in [7, 11) is 1.79. The van der Waals surface area contributed by atoms with Crippen LogP contribution in [0.25, 0.3) is 0 Å². The molecule has 2 atom stereocenters. The first-order chi connectivity index (χ1) is 7.58. The molecule has 1 heterocycles. The molecule has 1 aliphatic carbocycles. The van der Waals surface area contributed by atoms with E-state index in [0.717, 1.165) is 12.1 Å². The number of nitrogens with zero attached hydrogens (tertiary/aromatic N) is 2. The van der Waals surface area contributed by atoms with Crippen LogP contribution in [0.2, 0.25) is 0 Å². The molecular weight excluding hydrogens is 209 g/mol. The van der Waals surface area contributed by atoms with Gasteiger partial charge >= 0.3 is 0 Å². The fourth-order valence-corrected chi connectivity index (χ4v) is 2.04. The zero-order chi connectivity index (χ0) is 11.7. The second-order valence-corrected chi connectivity index (χ2v) is 4.35. The number of amides is 1. The molecule has 2 rings (SSSR count). The first-order valence-electron chi connectivity index (χ1n) is 5.51. The molecule has 1 aliphatic rings. The van der Waals surface area contributed by atoms with Crippen molar-refractivity contribution in [3.8, 4) is 0 Å². The number of hydrogen-bond acceptors (Lipinski definition) is 2. The van der Waals surface area contributed by atoms with Gasteiger partial charge in [0.25, 0.3) is 5.91 Å². The maximum Gasteiger partial charge on any atom is 0.254 e. The summed E-state index contributed by atoms with van der Waals surface area (Å²) >= 11 is 0. The van der Waals surface area contributed by atoms with E-state index in [1.807, 2.05) is 6.92 Å². The Kier molecular flexibility index (Phi) is 2.94. The molecule has 1 aromatic heterocycles. The largest absolute Gasteiger partial charge is 0.349 e. The Labute approximate surface area is 93.8 Å². The topological polar surface area (TPSA) is 46.9 Å². The molecule has 0 spiro atoms. The maximum absolute atomic E-state index is 12.9. The van der Waals surface area contributed by atoms with Crippen LogP contribution in [0.3, 0.4) is 0 Å². The third kappa shape index (κ3) is 2.08. The molecule has 5 heteroatoms. The van der Waals surface area contributed by atoms with Gasteiger partial charge in [-0.05, 0) is 26.2 Å². The summed E-state index contributed by atoms with van der Waals surface area (Å²) in [4.78, 5) is 11.9. The van der Waals surface area contributed by atoms with Crippen LogP contribution in [-0.2, 0) is 7.05 Å². The number of hydrogen-bond donors (Lipinski definition) is 1. The number of halogens is 1. The lowest BCUT2D eigenvalue weighted by Crippen LogP contribution is -2.33. The molecule has 1 aromatic rings. The zero-order valence-electron chi connectivity index (χ0n) is 9.53. The van der Waals surface area contributed by atoms with Crippen LogP contribution in [0, 0.1) is 6.92 Å². The summed E-state index contributed by atoms with van der Waals surface area (Å²) in [6.45, 7) is 1.84. The minimum Gasteiger partial charge on any atom is -0.349 e. The average molecular weight is 225 g/mol. The van der Waals surface area contributed by atoms with Gasteiger partial charge in [0.15, 0.2) is 0 Å². The predicted octanol–water partition coefficient (Wildman–Crippen LogP) is 1.35. The molecule has 16 heavy (non-hydrogen) atoms. The third-order valence-corrected chi connectivity index (χ3v) is 3.18. The highest BCUT2D eigenvalue weighted by atomic mass is 19.1. The van der Waals surface area contributed by atoms with E-state index in [0.29, 0.717) is 18.4 Å². The van der Waals surface area contributed by atoms with Gasteiger partial charge in [-0.2, -0.15) is 5.10 Å². The first-order valence-corrected chi connectivity index (χ1v) is 5.51. The highest BCUT2D eigenvalue weighted by Crippen LogP contribution is 2.22. The van der Waals surface area contributed by atoms with Crippen molar-refractivity contribution in [1.29, 1.82) is 0 Å². The van der Waals surface area contributed by atoms with Gasteiger partial charge in [0.1, 0.15) is 6.17 Å². The van der Waals surface area contributed by atoms with E-state index in [1.54, 1.807) is 17.9 Å². The second-order valence-electron chi connectivity index (χ2n) is 4.35. The lowest BCUT2D eigenvalue weighted by molar-refractivity contribution is 0.0936. The molecule has 88 valence electrons. The maximum atomic E-state index is 12.9. The van der Waals surface area contributed by atoms with E-state index >= 15 is 0 Å². The summed E-state index contributed by atoms with van der Waals surface area (Å²) in [5.41, 5.74) is 1.40. The quantitative estimate of drug-likeness (QED) is 0.825. The number of aryl methyl sites for hydroxylation is 1. The molecule has 0 aromatic carbocycles. The van der Waals surface area contributed by atoms with Crippen LogP contribution in [0.4, 0.5) is 4.39 Å². The molecule has 1 fully saturated rings. The molecule has 0 aliphatic heterocycles. The Balaban J connectivity index is 2.01. The average Bonchev–Trinajstić information content (AvgIpc) is 2.76. The van der Waals surface area contributed by atoms with Crippen LogP contribution in [0.15, 0.2) is 6.20 Å². The second kappa shape index (κ2) is 4.23. The smallest absolute Gasteiger partial charge is 0.254 e. The standard InChI is InChI=1S/C11H16FN3O/c1-7-10(6-13-15(7)2)11(16)14-9-4-3-8(12)5-9/h6,8-9H,3-5H2,1-2H3,(H,14,16)/t8-,9-/m1/s1. The van der Waals surface area contributed by atoms with E-state index < -0.39 is 6.17 Å². The number of carbonyl (C=O) groups excluding carboxylic acids is 1. The number of carbonyl (C=O) groups is 1. The Bertz CT molecular complexity index is 402. The number of nitrogens with one attached hydrogen (secondary N) is 1. The summed E-state index contributed by atoms with van der Waals surface area (Å²) in [5, 5.41) is 6.86. The zero-order valence-corrected chi connectivity index (χ0v) is 9.53. The van der Waals surface area contributed by atoms with E-state index in [1.165, 1.54) is 0 Å². The van der Waals surface area contributed by atoms with Crippen LogP contribution in [0.5, 0.6) is 0 Å². The Morgan fingerprint density at radius 3 is 2.88 bits per heavy atom. The van der Waals surface area contributed by atoms with Gasteiger partial charge in [-0.1, -0.05) is 0 Å². The molecule has 4 nitrogen and oxygen atoms in total. The summed E-state index contributed by atoms with van der Waals surface area (Å²) in [6, 6.07) is -0.0258. The number of aromatic nitrogens is 2. The SMILES string of the molecule is Cc1c(C(=O)N[C@@H]2CC[C@@H](F)C2)cnn1C. The number of alkyl halides is 1. The summed E-state index contributed by atoms with van der Waals surface area (Å²) in [6.07, 6.45) is 2.50. The lowest BCUT2D eigenvalue weighted by Gasteiger charge is -2.11. The van der Waals surface area contributed by atoms with Crippen molar-refractivity contribution in [2.45, 2.75) is 38.4 Å². The van der Waals surface area contributed by atoms with Crippen molar-refractivity contribution in [3.05, 3.63) is 17.5 Å². The first kappa shape index (κ1) is 11.1. The van der Waals surface area contributed by atoms with Gasteiger partial charge in [0, 0.05) is 18.8 Å². The Morgan fingerprint density at radius 1 is 1.62 bits per heavy atom. The van der Waals surface area contributed by atoms with Crippen molar-refractivity contribution >= 4 is 5.91 Å². The third-order valence-electron chi connectivity index (χ3n) is 3.18. The fraction of sp³-hybridized carbons (Fsp3) is 0.636. The molecule has 0 unspecified atom stereocenters. The Hall–Kier alpha value is -1.39. The van der Waals surface area contributed by atoms with Crippen LogP contribution in [0.1, 0.15) is 35.3 Å². The summed E-state index contributed by atoms with van der Waals surface area (Å²) < 4.78 is 14.6. The highest BCUT2D eigenvalue weighted by Gasteiger charge is 2.26. The highest BCUT2D eigenvalue weighted by molar-refractivity contribution is 5.95. The van der Waals surface area contributed by atoms with Crippen molar-refractivity contribution in [1.82, 2.24) is 15.1 Å². The molecular formula is C11H16FN3O. The van der Waals surface area contributed by atoms with Gasteiger partial charge in [0.2, 0.25) is 0 Å². The predicted molar refractivity (Wildman–Crippen MR) is 57.9 cm³/mol. The number of rotatable bonds is 2. The fourth-order valence-electron chi connectivity index (χ4n) is 2.04. The molecule has 0 bridgehead atoms. The van der Waals surface area contributed by atoms with Crippen molar-refractivity contribution in [2.24, 2.45) is 7.05 Å². The summed E-state index contributed by atoms with van der Waals surface area (Å²) in [5.74, 6) is -0.148. The van der Waals surface area contributed by atoms with Gasteiger partial charge < -0.3 is 5.32 Å². The van der Waals surface area contributed by atoms with E-state index in [2.05, 4.69) is 10.4 Å². The van der Waals surface area contributed by atoms with Crippen molar-refractivity contribution in [2.75, 3.05) is 0 Å². The van der Waals surface area contributed by atoms with Gasteiger partial charge in [0.05, 0.1) is 11.8 Å². The van der Waals surface area contributed by atoms with Crippen LogP contribution in [-0.4, -0.2) is 27.9 Å². The van der Waals surface area contributed by atoms with E-state index in [-0.39, 0.29) is 11.9 Å². The van der Waals surface area contributed by atoms with Gasteiger partial charge in [-0.15, -0.1) is 0 Å². The monoisotopic (exact) mass is 225 g/mol. The van der Waals surface area contributed by atoms with Gasteiger partial charge in [-0.25, -0.2) is 4.39 Å². The van der Waals surface area contributed by atoms with Crippen molar-refractivity contribution in [3.63, 3.8) is 0 Å². The van der Waals surface area contributed by atoms with E-state index in [4.69, 9.17) is 0 Å². The van der Waals surface area contributed by atoms with Crippen LogP contribution < -0.4 is 5.32 Å². The minimum atomic E-state index is -0.764. The molecule has 1 N–H and O–H groups in total. The molecule has 0 saturated heterocycles. The normalized spacial score (nSPS) is 24.7. The molecule has 1 saturated carbocycles.